The summed E-state index contributed by atoms with van der Waals surface area (Å²) in [4.78, 5) is 27.9. The first-order chi connectivity index (χ1) is 15.9. The van der Waals surface area contributed by atoms with Gasteiger partial charge >= 0.3 is 0 Å². The van der Waals surface area contributed by atoms with Gasteiger partial charge in [-0.15, -0.1) is 0 Å². The molecule has 0 aromatic heterocycles. The number of nitrogens with zero attached hydrogens (tertiary/aromatic N) is 1. The maximum absolute atomic E-state index is 13.4. The summed E-state index contributed by atoms with van der Waals surface area (Å²) >= 11 is 6.09. The number of carbonyl (C=O) groups is 2. The molecule has 5 nitrogen and oxygen atoms in total. The minimum Gasteiger partial charge on any atom is -0.484 e. The monoisotopic (exact) mass is 464 g/mol. The average molecular weight is 465 g/mol. The molecule has 0 bridgehead atoms. The van der Waals surface area contributed by atoms with Crippen molar-refractivity contribution in [1.82, 2.24) is 10.2 Å². The maximum atomic E-state index is 13.4. The number of nitrogens with one attached hydrogen (secondary N) is 1. The molecule has 0 unspecified atom stereocenters. The van der Waals surface area contributed by atoms with Gasteiger partial charge in [0.15, 0.2) is 6.61 Å². The van der Waals surface area contributed by atoms with E-state index >= 15 is 0 Å². The van der Waals surface area contributed by atoms with Gasteiger partial charge in [0.05, 0.1) is 0 Å². The zero-order valence-electron chi connectivity index (χ0n) is 19.2. The smallest absolute Gasteiger partial charge is 0.261 e. The zero-order valence-corrected chi connectivity index (χ0v) is 19.9. The number of halogens is 1. The average Bonchev–Trinajstić information content (AvgIpc) is 2.83. The van der Waals surface area contributed by atoms with E-state index in [9.17, 15) is 9.59 Å². The van der Waals surface area contributed by atoms with Crippen LogP contribution in [0.2, 0.25) is 5.02 Å². The van der Waals surface area contributed by atoms with Crippen molar-refractivity contribution in [2.75, 3.05) is 13.7 Å². The third kappa shape index (κ3) is 6.83. The van der Waals surface area contributed by atoms with Crippen LogP contribution < -0.4 is 10.1 Å². The standard InChI is InChI=1S/C27H29ClN2O3/c1-19-9-11-22(12-10-19)17-30(25(27(32)29-3)16-21-7-5-4-6-8-21)26(31)18-33-23-13-14-24(28)20(2)15-23/h4-15,25H,16-18H2,1-3H3,(H,29,32)/t25-/m1/s1. The predicted octanol–water partition coefficient (Wildman–Crippen LogP) is 4.72. The molecule has 0 fully saturated rings. The first kappa shape index (κ1) is 24.3. The van der Waals surface area contributed by atoms with Gasteiger partial charge in [-0.1, -0.05) is 71.8 Å². The van der Waals surface area contributed by atoms with Crippen molar-refractivity contribution in [2.45, 2.75) is 32.9 Å². The van der Waals surface area contributed by atoms with Crippen molar-refractivity contribution in [3.05, 3.63) is 100 Å². The van der Waals surface area contributed by atoms with Gasteiger partial charge in [0, 0.05) is 25.0 Å². The summed E-state index contributed by atoms with van der Waals surface area (Å²) in [7, 11) is 1.59. The quantitative estimate of drug-likeness (QED) is 0.498. The third-order valence-corrected chi connectivity index (χ3v) is 5.91. The van der Waals surface area contributed by atoms with Gasteiger partial charge in [0.1, 0.15) is 11.8 Å². The molecule has 0 aliphatic heterocycles. The third-order valence-electron chi connectivity index (χ3n) is 5.48. The normalized spacial score (nSPS) is 11.5. The molecule has 3 aromatic rings. The molecule has 6 heteroatoms. The summed E-state index contributed by atoms with van der Waals surface area (Å²) in [5.74, 6) is 0.0643. The van der Waals surface area contributed by atoms with E-state index < -0.39 is 6.04 Å². The van der Waals surface area contributed by atoms with Crippen molar-refractivity contribution in [3.8, 4) is 5.75 Å². The number of ether oxygens (including phenoxy) is 1. The van der Waals surface area contributed by atoms with Crippen LogP contribution in [0.25, 0.3) is 0 Å². The summed E-state index contributed by atoms with van der Waals surface area (Å²) in [6.45, 7) is 4.00. The van der Waals surface area contributed by atoms with Crippen LogP contribution in [0.15, 0.2) is 72.8 Å². The highest BCUT2D eigenvalue weighted by atomic mass is 35.5. The fourth-order valence-corrected chi connectivity index (χ4v) is 3.66. The van der Waals surface area contributed by atoms with E-state index in [0.717, 1.165) is 22.3 Å². The van der Waals surface area contributed by atoms with Crippen LogP contribution in [0, 0.1) is 13.8 Å². The van der Waals surface area contributed by atoms with E-state index in [-0.39, 0.29) is 18.4 Å². The van der Waals surface area contributed by atoms with E-state index in [2.05, 4.69) is 5.32 Å². The van der Waals surface area contributed by atoms with Crippen molar-refractivity contribution in [2.24, 2.45) is 0 Å². The van der Waals surface area contributed by atoms with Crippen molar-refractivity contribution in [3.63, 3.8) is 0 Å². The largest absolute Gasteiger partial charge is 0.484 e. The molecule has 0 aliphatic carbocycles. The summed E-state index contributed by atoms with van der Waals surface area (Å²) in [5, 5.41) is 3.35. The lowest BCUT2D eigenvalue weighted by Gasteiger charge is -2.31. The highest BCUT2D eigenvalue weighted by molar-refractivity contribution is 6.31. The molecule has 172 valence electrons. The van der Waals surface area contributed by atoms with E-state index in [1.54, 1.807) is 30.1 Å². The summed E-state index contributed by atoms with van der Waals surface area (Å²) < 4.78 is 5.77. The Balaban J connectivity index is 1.86. The minimum atomic E-state index is -0.679. The van der Waals surface area contributed by atoms with Crippen LogP contribution >= 0.6 is 11.6 Å². The summed E-state index contributed by atoms with van der Waals surface area (Å²) in [6.07, 6.45) is 0.401. The molecule has 3 rings (SSSR count). The number of hydrogen-bond acceptors (Lipinski definition) is 3. The predicted molar refractivity (Wildman–Crippen MR) is 131 cm³/mol. The van der Waals surface area contributed by atoms with Crippen LogP contribution in [0.3, 0.4) is 0 Å². The number of carbonyl (C=O) groups excluding carboxylic acids is 2. The molecule has 3 aromatic carbocycles. The summed E-state index contributed by atoms with van der Waals surface area (Å²) in [6, 6.07) is 22.2. The van der Waals surface area contributed by atoms with Gasteiger partial charge in [0.25, 0.3) is 5.91 Å². The number of benzene rings is 3. The molecule has 1 atom stereocenters. The molecule has 0 saturated carbocycles. The highest BCUT2D eigenvalue weighted by Gasteiger charge is 2.30. The molecular weight excluding hydrogens is 436 g/mol. The van der Waals surface area contributed by atoms with Crippen LogP contribution in [0.5, 0.6) is 5.75 Å². The first-order valence-corrected chi connectivity index (χ1v) is 11.2. The number of likely N-dealkylation sites (N-methyl/N-ethyl adjacent to an activating group) is 1. The fourth-order valence-electron chi connectivity index (χ4n) is 3.55. The van der Waals surface area contributed by atoms with Gasteiger partial charge in [0.2, 0.25) is 5.91 Å². The van der Waals surface area contributed by atoms with E-state index in [1.165, 1.54) is 0 Å². The molecule has 0 spiro atoms. The van der Waals surface area contributed by atoms with Crippen LogP contribution in [0.1, 0.15) is 22.3 Å². The molecule has 1 N–H and O–H groups in total. The van der Waals surface area contributed by atoms with Crippen molar-refractivity contribution in [1.29, 1.82) is 0 Å². The number of hydrogen-bond donors (Lipinski definition) is 1. The van der Waals surface area contributed by atoms with Gasteiger partial charge in [-0.2, -0.15) is 0 Å². The Labute approximate surface area is 200 Å². The van der Waals surface area contributed by atoms with Crippen molar-refractivity contribution >= 4 is 23.4 Å². The lowest BCUT2D eigenvalue weighted by atomic mass is 10.0. The van der Waals surface area contributed by atoms with Gasteiger partial charge in [-0.25, -0.2) is 0 Å². The van der Waals surface area contributed by atoms with Gasteiger partial charge in [-0.3, -0.25) is 9.59 Å². The molecule has 0 saturated heterocycles. The topological polar surface area (TPSA) is 58.6 Å². The number of amides is 2. The lowest BCUT2D eigenvalue weighted by molar-refractivity contribution is -0.142. The second kappa shape index (κ2) is 11.5. The fraction of sp³-hybridized carbons (Fsp3) is 0.259. The molecule has 0 aliphatic rings. The Morgan fingerprint density at radius 2 is 1.67 bits per heavy atom. The Bertz CT molecular complexity index is 1080. The Kier molecular flexibility index (Phi) is 8.50. The molecule has 0 heterocycles. The molecule has 0 radical (unpaired) electrons. The van der Waals surface area contributed by atoms with Crippen LogP contribution in [-0.4, -0.2) is 36.4 Å². The first-order valence-electron chi connectivity index (χ1n) is 10.9. The lowest BCUT2D eigenvalue weighted by Crippen LogP contribution is -2.51. The van der Waals surface area contributed by atoms with Crippen LogP contribution in [0.4, 0.5) is 0 Å². The Hall–Kier alpha value is -3.31. The minimum absolute atomic E-state index is 0.185. The van der Waals surface area contributed by atoms with E-state index in [1.807, 2.05) is 68.4 Å². The van der Waals surface area contributed by atoms with Crippen LogP contribution in [-0.2, 0) is 22.6 Å². The second-order valence-electron chi connectivity index (χ2n) is 8.03. The second-order valence-corrected chi connectivity index (χ2v) is 8.43. The number of rotatable bonds is 9. The van der Waals surface area contributed by atoms with E-state index in [4.69, 9.17) is 16.3 Å². The molecule has 2 amide bonds. The Morgan fingerprint density at radius 3 is 2.30 bits per heavy atom. The number of aryl methyl sites for hydroxylation is 2. The Morgan fingerprint density at radius 1 is 0.970 bits per heavy atom. The maximum Gasteiger partial charge on any atom is 0.261 e. The van der Waals surface area contributed by atoms with Gasteiger partial charge in [-0.05, 0) is 48.7 Å². The molecular formula is C27H29ClN2O3. The van der Waals surface area contributed by atoms with Crippen molar-refractivity contribution < 1.29 is 14.3 Å². The SMILES string of the molecule is CNC(=O)[C@@H](Cc1ccccc1)N(Cc1ccc(C)cc1)C(=O)COc1ccc(Cl)c(C)c1. The highest BCUT2D eigenvalue weighted by Crippen LogP contribution is 2.22. The van der Waals surface area contributed by atoms with Gasteiger partial charge < -0.3 is 15.0 Å². The van der Waals surface area contributed by atoms with E-state index in [0.29, 0.717) is 23.7 Å². The molecule has 33 heavy (non-hydrogen) atoms. The zero-order chi connectivity index (χ0) is 23.8. The summed E-state index contributed by atoms with van der Waals surface area (Å²) in [5.41, 5.74) is 3.91.